The number of nitrogens with two attached hydrogens (primary N) is 1. The molecule has 2 rings (SSSR count). The van der Waals surface area contributed by atoms with E-state index in [4.69, 9.17) is 5.73 Å². The van der Waals surface area contributed by atoms with Gasteiger partial charge in [-0.25, -0.2) is 4.39 Å². The fourth-order valence-electron chi connectivity index (χ4n) is 2.11. The van der Waals surface area contributed by atoms with Gasteiger partial charge in [0.1, 0.15) is 5.82 Å². The summed E-state index contributed by atoms with van der Waals surface area (Å²) in [6, 6.07) is 5.23. The van der Waals surface area contributed by atoms with Gasteiger partial charge in [0.15, 0.2) is 0 Å². The van der Waals surface area contributed by atoms with Gasteiger partial charge in [0, 0.05) is 28.0 Å². The lowest BCUT2D eigenvalue weighted by molar-refractivity contribution is 0.612. The molecule has 4 heteroatoms. The Labute approximate surface area is 111 Å². The first kappa shape index (κ1) is 13.2. The fourth-order valence-corrected chi connectivity index (χ4v) is 4.99. The van der Waals surface area contributed by atoms with E-state index in [9.17, 15) is 4.39 Å². The maximum absolute atomic E-state index is 13.2. The molecule has 0 aromatic heterocycles. The van der Waals surface area contributed by atoms with Crippen molar-refractivity contribution < 1.29 is 4.39 Å². The molecular formula is C13H18FNS2. The van der Waals surface area contributed by atoms with Crippen molar-refractivity contribution in [2.24, 2.45) is 5.73 Å². The molecule has 94 valence electrons. The predicted octanol–water partition coefficient (Wildman–Crippen LogP) is 3.37. The first-order valence-corrected chi connectivity index (χ1v) is 7.94. The SMILES string of the molecule is Cc1cc(C(N)C2SCCSC2C)ccc1F. The monoisotopic (exact) mass is 271 g/mol. The summed E-state index contributed by atoms with van der Waals surface area (Å²) in [5.74, 6) is 2.21. The fraction of sp³-hybridized carbons (Fsp3) is 0.538. The average molecular weight is 271 g/mol. The molecule has 0 spiro atoms. The van der Waals surface area contributed by atoms with Gasteiger partial charge in [-0.05, 0) is 24.1 Å². The minimum absolute atomic E-state index is 0.00194. The molecule has 1 aromatic carbocycles. The second-order valence-electron chi connectivity index (χ2n) is 4.45. The molecule has 0 bridgehead atoms. The highest BCUT2D eigenvalue weighted by atomic mass is 32.2. The molecule has 3 atom stereocenters. The normalized spacial score (nSPS) is 26.8. The van der Waals surface area contributed by atoms with Crippen molar-refractivity contribution in [3.8, 4) is 0 Å². The third-order valence-corrected chi connectivity index (χ3v) is 6.37. The second kappa shape index (κ2) is 5.63. The number of hydrogen-bond donors (Lipinski definition) is 1. The van der Waals surface area contributed by atoms with Crippen LogP contribution in [0, 0.1) is 12.7 Å². The molecule has 0 saturated carbocycles. The summed E-state index contributed by atoms with van der Waals surface area (Å²) < 4.78 is 13.2. The van der Waals surface area contributed by atoms with Crippen molar-refractivity contribution >= 4 is 23.5 Å². The quantitative estimate of drug-likeness (QED) is 0.893. The lowest BCUT2D eigenvalue weighted by atomic mass is 10.0. The summed E-state index contributed by atoms with van der Waals surface area (Å²) in [6.45, 7) is 4.02. The first-order chi connectivity index (χ1) is 8.09. The summed E-state index contributed by atoms with van der Waals surface area (Å²) in [4.78, 5) is 0. The molecule has 1 fully saturated rings. The highest BCUT2D eigenvalue weighted by Crippen LogP contribution is 2.37. The van der Waals surface area contributed by atoms with Crippen LogP contribution in [-0.4, -0.2) is 22.0 Å². The molecule has 0 aliphatic carbocycles. The smallest absolute Gasteiger partial charge is 0.126 e. The van der Waals surface area contributed by atoms with Crippen molar-refractivity contribution in [2.45, 2.75) is 30.4 Å². The molecule has 0 radical (unpaired) electrons. The maximum atomic E-state index is 13.2. The highest BCUT2D eigenvalue weighted by molar-refractivity contribution is 8.07. The summed E-state index contributed by atoms with van der Waals surface area (Å²) in [5, 5.41) is 0.993. The minimum atomic E-state index is -0.153. The Bertz CT molecular complexity index is 397. The van der Waals surface area contributed by atoms with Crippen molar-refractivity contribution in [3.05, 3.63) is 35.1 Å². The van der Waals surface area contributed by atoms with Crippen LogP contribution in [0.4, 0.5) is 4.39 Å². The third kappa shape index (κ3) is 2.98. The van der Waals surface area contributed by atoms with Crippen LogP contribution >= 0.6 is 23.5 Å². The second-order valence-corrected chi connectivity index (χ2v) is 7.22. The molecule has 1 nitrogen and oxygen atoms in total. The van der Waals surface area contributed by atoms with Crippen molar-refractivity contribution in [2.75, 3.05) is 11.5 Å². The Morgan fingerprint density at radius 2 is 2.06 bits per heavy atom. The molecule has 2 N–H and O–H groups in total. The van der Waals surface area contributed by atoms with E-state index in [1.54, 1.807) is 6.92 Å². The maximum Gasteiger partial charge on any atom is 0.126 e. The van der Waals surface area contributed by atoms with E-state index in [1.165, 1.54) is 11.8 Å². The van der Waals surface area contributed by atoms with Crippen LogP contribution in [0.25, 0.3) is 0 Å². The Morgan fingerprint density at radius 1 is 1.35 bits per heavy atom. The van der Waals surface area contributed by atoms with E-state index in [1.807, 2.05) is 35.7 Å². The number of benzene rings is 1. The van der Waals surface area contributed by atoms with Gasteiger partial charge in [-0.1, -0.05) is 19.1 Å². The minimum Gasteiger partial charge on any atom is -0.323 e. The molecule has 1 heterocycles. The van der Waals surface area contributed by atoms with Crippen LogP contribution in [0.15, 0.2) is 18.2 Å². The van der Waals surface area contributed by atoms with Gasteiger partial charge in [0.05, 0.1) is 0 Å². The zero-order valence-corrected chi connectivity index (χ0v) is 11.8. The lowest BCUT2D eigenvalue weighted by Gasteiger charge is -2.32. The summed E-state index contributed by atoms with van der Waals surface area (Å²) in [6.07, 6.45) is 0. The highest BCUT2D eigenvalue weighted by Gasteiger charge is 2.29. The van der Waals surface area contributed by atoms with Crippen LogP contribution in [0.3, 0.4) is 0 Å². The average Bonchev–Trinajstić information content (AvgIpc) is 2.32. The Kier molecular flexibility index (Phi) is 4.39. The van der Waals surface area contributed by atoms with Gasteiger partial charge in [0.2, 0.25) is 0 Å². The van der Waals surface area contributed by atoms with E-state index in [0.29, 0.717) is 16.1 Å². The Balaban J connectivity index is 2.17. The lowest BCUT2D eigenvalue weighted by Crippen LogP contribution is -2.34. The van der Waals surface area contributed by atoms with E-state index in [2.05, 4.69) is 6.92 Å². The van der Waals surface area contributed by atoms with Crippen molar-refractivity contribution in [3.63, 3.8) is 0 Å². The van der Waals surface area contributed by atoms with Crippen LogP contribution in [0.5, 0.6) is 0 Å². The van der Waals surface area contributed by atoms with Crippen LogP contribution < -0.4 is 5.73 Å². The number of thioether (sulfide) groups is 2. The topological polar surface area (TPSA) is 26.0 Å². The molecule has 0 amide bonds. The van der Waals surface area contributed by atoms with Crippen LogP contribution in [-0.2, 0) is 0 Å². The molecule has 17 heavy (non-hydrogen) atoms. The summed E-state index contributed by atoms with van der Waals surface area (Å²) >= 11 is 3.93. The Morgan fingerprint density at radius 3 is 2.71 bits per heavy atom. The summed E-state index contributed by atoms with van der Waals surface area (Å²) in [7, 11) is 0. The Hall–Kier alpha value is -0.190. The number of rotatable bonds is 2. The molecule has 1 aliphatic rings. The first-order valence-electron chi connectivity index (χ1n) is 5.84. The predicted molar refractivity (Wildman–Crippen MR) is 76.2 cm³/mol. The number of halogens is 1. The van der Waals surface area contributed by atoms with Gasteiger partial charge in [-0.3, -0.25) is 0 Å². The molecule has 1 aromatic rings. The molecule has 1 aliphatic heterocycles. The zero-order valence-electron chi connectivity index (χ0n) is 10.2. The van der Waals surface area contributed by atoms with E-state index >= 15 is 0 Å². The largest absolute Gasteiger partial charge is 0.323 e. The standard InChI is InChI=1S/C13H18FNS2/c1-8-7-10(3-4-11(8)14)12(15)13-9(2)16-5-6-17-13/h3-4,7,9,12-13H,5-6,15H2,1-2H3. The van der Waals surface area contributed by atoms with Gasteiger partial charge in [-0.2, -0.15) is 23.5 Å². The summed E-state index contributed by atoms with van der Waals surface area (Å²) in [5.41, 5.74) is 8.05. The molecular weight excluding hydrogens is 253 g/mol. The van der Waals surface area contributed by atoms with E-state index in [0.717, 1.165) is 11.3 Å². The number of hydrogen-bond acceptors (Lipinski definition) is 3. The molecule has 3 unspecified atom stereocenters. The zero-order chi connectivity index (χ0) is 12.4. The number of aryl methyl sites for hydroxylation is 1. The van der Waals surface area contributed by atoms with Crippen molar-refractivity contribution in [1.82, 2.24) is 0 Å². The van der Waals surface area contributed by atoms with Gasteiger partial charge < -0.3 is 5.73 Å². The third-order valence-electron chi connectivity index (χ3n) is 3.16. The van der Waals surface area contributed by atoms with Crippen LogP contribution in [0.2, 0.25) is 0 Å². The van der Waals surface area contributed by atoms with Crippen LogP contribution in [0.1, 0.15) is 24.1 Å². The molecule has 1 saturated heterocycles. The van der Waals surface area contributed by atoms with E-state index in [-0.39, 0.29) is 11.9 Å². The van der Waals surface area contributed by atoms with Crippen molar-refractivity contribution in [1.29, 1.82) is 0 Å². The van der Waals surface area contributed by atoms with Gasteiger partial charge in [-0.15, -0.1) is 0 Å². The van der Waals surface area contributed by atoms with E-state index < -0.39 is 0 Å². The van der Waals surface area contributed by atoms with Gasteiger partial charge >= 0.3 is 0 Å². The van der Waals surface area contributed by atoms with Gasteiger partial charge in [0.25, 0.3) is 0 Å².